The standard InChI is InChI=1S/C34H54O8/c1-9-25(31-21(6)18-34(11-3,42-31)26-16-17-33(40,10-2)23(8)41-26)30(37)22(7)28(35)19(4)12-14-24-15-13-20(5)29(36)27(24)32(38)39/h13,15,19,21-23,25-26,28,31,35-36,40H,9-12,14,16-18H2,1-8H3,(H,38,39)/t19?,21?,22?,23?,25?,26?,28?,31?,33?,34-/m0/s1. The van der Waals surface area contributed by atoms with E-state index in [9.17, 15) is 30.0 Å². The lowest BCUT2D eigenvalue weighted by Crippen LogP contribution is -2.55. The molecular weight excluding hydrogens is 536 g/mol. The van der Waals surface area contributed by atoms with Gasteiger partial charge in [-0.2, -0.15) is 0 Å². The monoisotopic (exact) mass is 590 g/mol. The van der Waals surface area contributed by atoms with Gasteiger partial charge in [0.05, 0.1) is 35.6 Å². The number of hydrogen-bond acceptors (Lipinski definition) is 7. The number of aliphatic hydroxyl groups is 2. The fourth-order valence-electron chi connectivity index (χ4n) is 7.45. The number of carbonyl (C=O) groups is 2. The summed E-state index contributed by atoms with van der Waals surface area (Å²) in [6.07, 6.45) is 3.34. The van der Waals surface area contributed by atoms with Crippen molar-refractivity contribution in [1.29, 1.82) is 0 Å². The Morgan fingerprint density at radius 3 is 2.33 bits per heavy atom. The summed E-state index contributed by atoms with van der Waals surface area (Å²) in [5, 5.41) is 42.1. The highest BCUT2D eigenvalue weighted by molar-refractivity contribution is 5.93. The lowest BCUT2D eigenvalue weighted by molar-refractivity contribution is -0.229. The summed E-state index contributed by atoms with van der Waals surface area (Å²) in [5.41, 5.74) is -0.437. The number of Topliss-reactive ketones (excluding diaryl/α,β-unsaturated/α-hetero) is 1. The second-order valence-corrected chi connectivity index (χ2v) is 13.2. The first kappa shape index (κ1) is 34.5. The molecular formula is C34H54O8. The van der Waals surface area contributed by atoms with Gasteiger partial charge in [-0.1, -0.05) is 53.7 Å². The number of aliphatic hydroxyl groups excluding tert-OH is 1. The van der Waals surface area contributed by atoms with Crippen molar-refractivity contribution < 1.29 is 39.5 Å². The van der Waals surface area contributed by atoms with Crippen LogP contribution in [0.5, 0.6) is 5.75 Å². The number of ether oxygens (including phenoxy) is 2. The highest BCUT2D eigenvalue weighted by atomic mass is 16.6. The number of aromatic carboxylic acids is 1. The SMILES string of the molecule is CCC(C(=O)C(C)C(O)C(C)CCc1ccc(C)c(O)c1C(=O)O)C1O[C@](CC)(C2CCC(O)(CC)C(C)O2)CC1C. The summed E-state index contributed by atoms with van der Waals surface area (Å²) < 4.78 is 13.2. The minimum atomic E-state index is -1.18. The van der Waals surface area contributed by atoms with Crippen LogP contribution >= 0.6 is 0 Å². The number of carboxylic acids is 1. The Morgan fingerprint density at radius 2 is 1.79 bits per heavy atom. The number of benzene rings is 1. The molecule has 1 aromatic carbocycles. The van der Waals surface area contributed by atoms with Crippen LogP contribution in [0.25, 0.3) is 0 Å². The molecule has 0 aromatic heterocycles. The number of rotatable bonds is 13. The Balaban J connectivity index is 1.69. The molecule has 10 atom stereocenters. The lowest BCUT2D eigenvalue weighted by Gasteiger charge is -2.47. The molecule has 0 saturated carbocycles. The Hall–Kier alpha value is -2.00. The first-order valence-electron chi connectivity index (χ1n) is 16.0. The molecule has 2 fully saturated rings. The molecule has 3 rings (SSSR count). The number of aryl methyl sites for hydroxylation is 2. The van der Waals surface area contributed by atoms with Gasteiger partial charge >= 0.3 is 5.97 Å². The van der Waals surface area contributed by atoms with Gasteiger partial charge in [0.2, 0.25) is 0 Å². The minimum absolute atomic E-state index is 0.0157. The molecule has 2 saturated heterocycles. The zero-order chi connectivity index (χ0) is 31.6. The number of phenols is 1. The Bertz CT molecular complexity index is 1100. The third kappa shape index (κ3) is 6.72. The van der Waals surface area contributed by atoms with Gasteiger partial charge in [0, 0.05) is 11.8 Å². The van der Waals surface area contributed by atoms with Gasteiger partial charge < -0.3 is 29.9 Å². The summed E-state index contributed by atoms with van der Waals surface area (Å²) >= 11 is 0. The largest absolute Gasteiger partial charge is 0.507 e. The van der Waals surface area contributed by atoms with Crippen LogP contribution in [0.4, 0.5) is 0 Å². The predicted octanol–water partition coefficient (Wildman–Crippen LogP) is 5.84. The molecule has 2 aliphatic rings. The van der Waals surface area contributed by atoms with E-state index in [-0.39, 0.29) is 53.2 Å². The summed E-state index contributed by atoms with van der Waals surface area (Å²) in [6, 6.07) is 3.40. The van der Waals surface area contributed by atoms with Crippen molar-refractivity contribution in [3.8, 4) is 5.75 Å². The maximum atomic E-state index is 13.9. The molecule has 0 spiro atoms. The van der Waals surface area contributed by atoms with E-state index in [4.69, 9.17) is 9.47 Å². The normalized spacial score (nSPS) is 32.7. The molecule has 0 aliphatic carbocycles. The second-order valence-electron chi connectivity index (χ2n) is 13.2. The van der Waals surface area contributed by atoms with Crippen LogP contribution in [0.3, 0.4) is 0 Å². The van der Waals surface area contributed by atoms with E-state index in [0.29, 0.717) is 49.7 Å². The minimum Gasteiger partial charge on any atom is -0.507 e. The Kier molecular flexibility index (Phi) is 11.3. The molecule has 8 nitrogen and oxygen atoms in total. The van der Waals surface area contributed by atoms with Crippen molar-refractivity contribution in [3.63, 3.8) is 0 Å². The first-order valence-corrected chi connectivity index (χ1v) is 16.0. The van der Waals surface area contributed by atoms with Gasteiger partial charge in [-0.05, 0) is 88.2 Å². The molecule has 9 unspecified atom stereocenters. The molecule has 2 heterocycles. The van der Waals surface area contributed by atoms with E-state index < -0.39 is 29.2 Å². The van der Waals surface area contributed by atoms with Crippen LogP contribution in [0.15, 0.2) is 12.1 Å². The summed E-state index contributed by atoms with van der Waals surface area (Å²) in [5.74, 6) is -2.55. The Morgan fingerprint density at radius 1 is 1.12 bits per heavy atom. The molecule has 4 N–H and O–H groups in total. The van der Waals surface area contributed by atoms with E-state index in [0.717, 1.165) is 12.8 Å². The fourth-order valence-corrected chi connectivity index (χ4v) is 7.45. The van der Waals surface area contributed by atoms with Gasteiger partial charge in [0.25, 0.3) is 0 Å². The smallest absolute Gasteiger partial charge is 0.339 e. The van der Waals surface area contributed by atoms with Crippen molar-refractivity contribution in [3.05, 3.63) is 28.8 Å². The molecule has 8 heteroatoms. The number of aromatic hydroxyl groups is 1. The van der Waals surface area contributed by atoms with E-state index in [2.05, 4.69) is 13.8 Å². The van der Waals surface area contributed by atoms with Gasteiger partial charge in [-0.25, -0.2) is 4.79 Å². The van der Waals surface area contributed by atoms with Gasteiger partial charge in [0.1, 0.15) is 17.1 Å². The van der Waals surface area contributed by atoms with Crippen molar-refractivity contribution in [2.24, 2.45) is 23.7 Å². The van der Waals surface area contributed by atoms with Crippen molar-refractivity contribution in [1.82, 2.24) is 0 Å². The maximum Gasteiger partial charge on any atom is 0.339 e. The molecule has 1 aromatic rings. The zero-order valence-electron chi connectivity index (χ0n) is 26.9. The van der Waals surface area contributed by atoms with E-state index >= 15 is 0 Å². The predicted molar refractivity (Wildman–Crippen MR) is 162 cm³/mol. The summed E-state index contributed by atoms with van der Waals surface area (Å²) in [4.78, 5) is 25.7. The molecule has 238 valence electrons. The zero-order valence-corrected chi connectivity index (χ0v) is 26.9. The van der Waals surface area contributed by atoms with Crippen LogP contribution in [0, 0.1) is 30.6 Å². The van der Waals surface area contributed by atoms with Crippen molar-refractivity contribution >= 4 is 11.8 Å². The number of carbonyl (C=O) groups excluding carboxylic acids is 1. The quantitative estimate of drug-likeness (QED) is 0.225. The van der Waals surface area contributed by atoms with Crippen molar-refractivity contribution in [2.75, 3.05) is 0 Å². The van der Waals surface area contributed by atoms with Crippen LogP contribution < -0.4 is 0 Å². The maximum absolute atomic E-state index is 13.9. The van der Waals surface area contributed by atoms with Gasteiger partial charge in [-0.3, -0.25) is 4.79 Å². The fraction of sp³-hybridized carbons (Fsp3) is 0.765. The average molecular weight is 591 g/mol. The van der Waals surface area contributed by atoms with Gasteiger partial charge in [-0.15, -0.1) is 0 Å². The van der Waals surface area contributed by atoms with Crippen LogP contribution in [0.2, 0.25) is 0 Å². The third-order valence-corrected chi connectivity index (χ3v) is 10.7. The number of ketones is 1. The summed E-state index contributed by atoms with van der Waals surface area (Å²) in [7, 11) is 0. The Labute approximate surface area is 251 Å². The molecule has 42 heavy (non-hydrogen) atoms. The van der Waals surface area contributed by atoms with E-state index in [1.54, 1.807) is 26.0 Å². The lowest BCUT2D eigenvalue weighted by atomic mass is 9.76. The molecule has 0 radical (unpaired) electrons. The topological polar surface area (TPSA) is 134 Å². The first-order chi connectivity index (χ1) is 19.7. The van der Waals surface area contributed by atoms with E-state index in [1.165, 1.54) is 0 Å². The third-order valence-electron chi connectivity index (χ3n) is 10.7. The highest BCUT2D eigenvalue weighted by Crippen LogP contribution is 2.48. The number of hydrogen-bond donors (Lipinski definition) is 4. The van der Waals surface area contributed by atoms with Crippen molar-refractivity contribution in [2.45, 2.75) is 142 Å². The van der Waals surface area contributed by atoms with Crippen LogP contribution in [-0.2, 0) is 20.7 Å². The average Bonchev–Trinajstić information content (AvgIpc) is 3.31. The highest BCUT2D eigenvalue weighted by Gasteiger charge is 2.55. The number of carboxylic acid groups (broad SMARTS) is 1. The molecule has 0 bridgehead atoms. The van der Waals surface area contributed by atoms with Crippen LogP contribution in [0.1, 0.15) is 115 Å². The molecule has 0 amide bonds. The summed E-state index contributed by atoms with van der Waals surface area (Å²) in [6.45, 7) is 15.4. The van der Waals surface area contributed by atoms with Gasteiger partial charge in [0.15, 0.2) is 0 Å². The van der Waals surface area contributed by atoms with Crippen LogP contribution in [-0.4, -0.2) is 67.8 Å². The second kappa shape index (κ2) is 13.7. The molecule has 2 aliphatic heterocycles. The van der Waals surface area contributed by atoms with E-state index in [1.807, 2.05) is 27.7 Å².